The molecule has 0 bridgehead atoms. The molecule has 0 radical (unpaired) electrons. The molecule has 27 heavy (non-hydrogen) atoms. The van der Waals surface area contributed by atoms with E-state index in [1.165, 1.54) is 0 Å². The lowest BCUT2D eigenvalue weighted by Crippen LogP contribution is -2.27. The van der Waals surface area contributed by atoms with Gasteiger partial charge in [-0.3, -0.25) is 9.97 Å². The SMILES string of the molecule is CC(C)c1cc(C(C)(C)CCC(C)(C)c2cncc(C(C)(C)C)n2)ncn1. The van der Waals surface area contributed by atoms with E-state index in [1.807, 2.05) is 12.4 Å². The quantitative estimate of drug-likeness (QED) is 0.654. The van der Waals surface area contributed by atoms with E-state index in [-0.39, 0.29) is 16.2 Å². The van der Waals surface area contributed by atoms with Gasteiger partial charge in [-0.2, -0.15) is 0 Å². The zero-order chi connectivity index (χ0) is 20.5. The fourth-order valence-corrected chi connectivity index (χ4v) is 2.99. The van der Waals surface area contributed by atoms with Gasteiger partial charge in [0.2, 0.25) is 0 Å². The van der Waals surface area contributed by atoms with Gasteiger partial charge >= 0.3 is 0 Å². The van der Waals surface area contributed by atoms with Crippen molar-refractivity contribution in [3.63, 3.8) is 0 Å². The van der Waals surface area contributed by atoms with Gasteiger partial charge in [0.05, 0.1) is 11.4 Å². The number of rotatable bonds is 6. The van der Waals surface area contributed by atoms with Crippen molar-refractivity contribution < 1.29 is 0 Å². The molecule has 2 aromatic heterocycles. The Hall–Kier alpha value is -1.84. The first-order valence-electron chi connectivity index (χ1n) is 9.98. The molecule has 0 amide bonds. The number of hydrogen-bond donors (Lipinski definition) is 0. The summed E-state index contributed by atoms with van der Waals surface area (Å²) in [6.07, 6.45) is 7.55. The summed E-state index contributed by atoms with van der Waals surface area (Å²) in [5.74, 6) is 0.411. The first-order chi connectivity index (χ1) is 12.3. The molecule has 0 aliphatic rings. The van der Waals surface area contributed by atoms with E-state index in [9.17, 15) is 0 Å². The Morgan fingerprint density at radius 3 is 1.89 bits per heavy atom. The molecule has 2 rings (SSSR count). The van der Waals surface area contributed by atoms with Crippen LogP contribution in [0.3, 0.4) is 0 Å². The summed E-state index contributed by atoms with van der Waals surface area (Å²) in [7, 11) is 0. The molecule has 0 atom stereocenters. The van der Waals surface area contributed by atoms with E-state index in [4.69, 9.17) is 4.98 Å². The molecule has 0 N–H and O–H groups in total. The topological polar surface area (TPSA) is 51.6 Å². The molecule has 0 fully saturated rings. The highest BCUT2D eigenvalue weighted by atomic mass is 14.9. The monoisotopic (exact) mass is 368 g/mol. The summed E-state index contributed by atoms with van der Waals surface area (Å²) in [5.41, 5.74) is 4.29. The van der Waals surface area contributed by atoms with E-state index >= 15 is 0 Å². The van der Waals surface area contributed by atoms with Gasteiger partial charge in [-0.25, -0.2) is 9.97 Å². The Balaban J connectivity index is 2.20. The lowest BCUT2D eigenvalue weighted by atomic mass is 9.75. The second-order valence-corrected chi connectivity index (χ2v) is 10.3. The van der Waals surface area contributed by atoms with E-state index < -0.39 is 0 Å². The highest BCUT2D eigenvalue weighted by Crippen LogP contribution is 2.35. The fraction of sp³-hybridized carbons (Fsp3) is 0.652. The van der Waals surface area contributed by atoms with Crippen LogP contribution in [0, 0.1) is 0 Å². The molecule has 0 saturated heterocycles. The van der Waals surface area contributed by atoms with Crippen LogP contribution in [-0.4, -0.2) is 19.9 Å². The molecule has 0 spiro atoms. The van der Waals surface area contributed by atoms with Crippen LogP contribution in [-0.2, 0) is 16.2 Å². The number of nitrogens with zero attached hydrogens (tertiary/aromatic N) is 4. The summed E-state index contributed by atoms with van der Waals surface area (Å²) in [6, 6.07) is 2.16. The first kappa shape index (κ1) is 21.5. The van der Waals surface area contributed by atoms with Gasteiger partial charge in [-0.15, -0.1) is 0 Å². The third-order valence-electron chi connectivity index (χ3n) is 5.44. The molecule has 0 aliphatic carbocycles. The number of aromatic nitrogens is 4. The largest absolute Gasteiger partial charge is 0.261 e. The molecule has 0 aromatic carbocycles. The molecular weight excluding hydrogens is 332 g/mol. The Morgan fingerprint density at radius 1 is 0.778 bits per heavy atom. The van der Waals surface area contributed by atoms with Gasteiger partial charge in [-0.1, -0.05) is 62.3 Å². The summed E-state index contributed by atoms with van der Waals surface area (Å²) >= 11 is 0. The van der Waals surface area contributed by atoms with Crippen LogP contribution in [0.4, 0.5) is 0 Å². The lowest BCUT2D eigenvalue weighted by Gasteiger charge is -2.31. The summed E-state index contributed by atoms with van der Waals surface area (Å²) in [6.45, 7) is 19.9. The average Bonchev–Trinajstić information content (AvgIpc) is 2.60. The van der Waals surface area contributed by atoms with E-state index in [1.54, 1.807) is 6.33 Å². The molecule has 148 valence electrons. The highest BCUT2D eigenvalue weighted by Gasteiger charge is 2.30. The summed E-state index contributed by atoms with van der Waals surface area (Å²) < 4.78 is 0. The van der Waals surface area contributed by atoms with Crippen LogP contribution in [0.1, 0.15) is 104 Å². The van der Waals surface area contributed by atoms with Gasteiger partial charge in [0.25, 0.3) is 0 Å². The minimum absolute atomic E-state index is 0.00651. The Bertz CT molecular complexity index is 770. The summed E-state index contributed by atoms with van der Waals surface area (Å²) in [4.78, 5) is 18.4. The standard InChI is InChI=1S/C23H36N4/c1-16(2)17-12-18(26-15-25-17)22(6,7)10-11-23(8,9)20-14-24-13-19(27-20)21(3,4)5/h12-16H,10-11H2,1-9H3. The lowest BCUT2D eigenvalue weighted by molar-refractivity contribution is 0.360. The third-order valence-corrected chi connectivity index (χ3v) is 5.44. The van der Waals surface area contributed by atoms with Crippen molar-refractivity contribution >= 4 is 0 Å². The predicted octanol–water partition coefficient (Wildman–Crippen LogP) is 5.72. The Morgan fingerprint density at radius 2 is 1.33 bits per heavy atom. The van der Waals surface area contributed by atoms with Crippen molar-refractivity contribution in [3.8, 4) is 0 Å². The minimum Gasteiger partial charge on any atom is -0.261 e. The zero-order valence-corrected chi connectivity index (χ0v) is 18.6. The van der Waals surface area contributed by atoms with Crippen molar-refractivity contribution in [1.82, 2.24) is 19.9 Å². The molecule has 0 unspecified atom stereocenters. The number of hydrogen-bond acceptors (Lipinski definition) is 4. The third kappa shape index (κ3) is 5.33. The maximum absolute atomic E-state index is 4.94. The van der Waals surface area contributed by atoms with Crippen LogP contribution in [0.25, 0.3) is 0 Å². The van der Waals surface area contributed by atoms with Gasteiger partial charge in [0.1, 0.15) is 6.33 Å². The predicted molar refractivity (Wildman–Crippen MR) is 112 cm³/mol. The normalized spacial score (nSPS) is 13.3. The van der Waals surface area contributed by atoms with Gasteiger partial charge in [0, 0.05) is 40.0 Å². The van der Waals surface area contributed by atoms with Gasteiger partial charge in [-0.05, 0) is 24.8 Å². The summed E-state index contributed by atoms with van der Waals surface area (Å²) in [5, 5.41) is 0. The van der Waals surface area contributed by atoms with Crippen LogP contribution >= 0.6 is 0 Å². The van der Waals surface area contributed by atoms with E-state index in [2.05, 4.69) is 83.3 Å². The van der Waals surface area contributed by atoms with E-state index in [0.29, 0.717) is 5.92 Å². The van der Waals surface area contributed by atoms with Crippen LogP contribution in [0.5, 0.6) is 0 Å². The van der Waals surface area contributed by atoms with Crippen LogP contribution < -0.4 is 0 Å². The second-order valence-electron chi connectivity index (χ2n) is 10.3. The maximum Gasteiger partial charge on any atom is 0.115 e. The van der Waals surface area contributed by atoms with Crippen molar-refractivity contribution in [2.45, 2.75) is 97.3 Å². The van der Waals surface area contributed by atoms with Crippen LogP contribution in [0.2, 0.25) is 0 Å². The van der Waals surface area contributed by atoms with Crippen LogP contribution in [0.15, 0.2) is 24.8 Å². The molecule has 4 heteroatoms. The van der Waals surface area contributed by atoms with Gasteiger partial charge in [0.15, 0.2) is 0 Å². The van der Waals surface area contributed by atoms with E-state index in [0.717, 1.165) is 35.6 Å². The van der Waals surface area contributed by atoms with Gasteiger partial charge < -0.3 is 0 Å². The molecular formula is C23H36N4. The average molecular weight is 369 g/mol. The smallest absolute Gasteiger partial charge is 0.115 e. The second kappa shape index (κ2) is 7.65. The minimum atomic E-state index is -0.0422. The highest BCUT2D eigenvalue weighted by molar-refractivity contribution is 5.21. The van der Waals surface area contributed by atoms with Crippen molar-refractivity contribution in [1.29, 1.82) is 0 Å². The Kier molecular flexibility index (Phi) is 6.08. The van der Waals surface area contributed by atoms with Crippen molar-refractivity contribution in [2.24, 2.45) is 0 Å². The van der Waals surface area contributed by atoms with Crippen molar-refractivity contribution in [3.05, 3.63) is 47.6 Å². The molecule has 4 nitrogen and oxygen atoms in total. The molecule has 0 saturated carbocycles. The van der Waals surface area contributed by atoms with Crippen molar-refractivity contribution in [2.75, 3.05) is 0 Å². The maximum atomic E-state index is 4.94. The zero-order valence-electron chi connectivity index (χ0n) is 18.6. The fourth-order valence-electron chi connectivity index (χ4n) is 2.99. The molecule has 2 heterocycles. The molecule has 0 aliphatic heterocycles. The Labute approximate surface area is 165 Å². The molecule has 2 aromatic rings. The first-order valence-corrected chi connectivity index (χ1v) is 9.98.